The highest BCUT2D eigenvalue weighted by atomic mass is 19.3. The minimum absolute atomic E-state index is 0.0559. The van der Waals surface area contributed by atoms with Crippen LogP contribution in [0.15, 0.2) is 48.1 Å². The lowest BCUT2D eigenvalue weighted by molar-refractivity contribution is 0.0636. The molecule has 162 valence electrons. The first-order chi connectivity index (χ1) is 13.3. The van der Waals surface area contributed by atoms with Crippen LogP contribution in [0.4, 0.5) is 18.9 Å². The van der Waals surface area contributed by atoms with Gasteiger partial charge in [-0.3, -0.25) is 0 Å². The summed E-state index contributed by atoms with van der Waals surface area (Å²) >= 11 is 0. The Morgan fingerprint density at radius 1 is 1.17 bits per heavy atom. The molecule has 4 heteroatoms. The van der Waals surface area contributed by atoms with Gasteiger partial charge >= 0.3 is 0 Å². The quantitative estimate of drug-likeness (QED) is 0.233. The lowest BCUT2D eigenvalue weighted by Crippen LogP contribution is -2.18. The predicted molar refractivity (Wildman–Crippen MR) is 120 cm³/mol. The summed E-state index contributed by atoms with van der Waals surface area (Å²) in [5.41, 5.74) is 1.88. The molecule has 1 aromatic carbocycles. The summed E-state index contributed by atoms with van der Waals surface area (Å²) in [5, 5.41) is 3.44. The molecule has 0 fully saturated rings. The first-order valence-corrected chi connectivity index (χ1v) is 10.3. The molecule has 1 rings (SSSR count). The van der Waals surface area contributed by atoms with E-state index in [1.54, 1.807) is 18.2 Å². The van der Waals surface area contributed by atoms with Crippen LogP contribution in [-0.2, 0) is 5.67 Å². The fourth-order valence-corrected chi connectivity index (χ4v) is 2.83. The zero-order valence-corrected chi connectivity index (χ0v) is 18.9. The van der Waals surface area contributed by atoms with E-state index in [0.717, 1.165) is 31.9 Å². The lowest BCUT2D eigenvalue weighted by Gasteiger charge is -2.23. The van der Waals surface area contributed by atoms with Crippen LogP contribution >= 0.6 is 0 Å². The molecule has 0 aromatic heterocycles. The average molecular weight is 408 g/mol. The molecular weight excluding hydrogens is 371 g/mol. The van der Waals surface area contributed by atoms with Gasteiger partial charge in [-0.15, -0.1) is 0 Å². The number of rotatable bonds is 10. The Kier molecular flexibility index (Phi) is 8.80. The molecule has 1 aromatic rings. The van der Waals surface area contributed by atoms with E-state index in [2.05, 4.69) is 38.7 Å². The highest BCUT2D eigenvalue weighted by molar-refractivity contribution is 5.82. The summed E-state index contributed by atoms with van der Waals surface area (Å²) in [4.78, 5) is 0. The van der Waals surface area contributed by atoms with Gasteiger partial charge in [0.05, 0.1) is 0 Å². The number of allylic oxidation sites excluding steroid dienone is 4. The largest absolute Gasteiger partial charge is 0.378 e. The van der Waals surface area contributed by atoms with Crippen LogP contribution in [0.3, 0.4) is 0 Å². The topological polar surface area (TPSA) is 12.0 Å². The predicted octanol–water partition coefficient (Wildman–Crippen LogP) is 8.44. The summed E-state index contributed by atoms with van der Waals surface area (Å²) in [6, 6.07) is 5.29. The normalized spacial score (nSPS) is 14.7. The Morgan fingerprint density at radius 2 is 1.79 bits per heavy atom. The van der Waals surface area contributed by atoms with Gasteiger partial charge in [0.1, 0.15) is 5.67 Å². The van der Waals surface area contributed by atoms with E-state index in [1.807, 2.05) is 0 Å². The highest BCUT2D eigenvalue weighted by Gasteiger charge is 2.25. The molecule has 0 amide bonds. The molecule has 1 atom stereocenters. The Labute approximate surface area is 174 Å². The third kappa shape index (κ3) is 7.75. The Morgan fingerprint density at radius 3 is 2.31 bits per heavy atom. The number of hydrogen-bond acceptors (Lipinski definition) is 1. The van der Waals surface area contributed by atoms with E-state index in [1.165, 1.54) is 32.4 Å². The molecule has 0 aliphatic heterocycles. The molecule has 0 spiro atoms. The summed E-state index contributed by atoms with van der Waals surface area (Å²) in [7, 11) is 0. The summed E-state index contributed by atoms with van der Waals surface area (Å²) in [6.45, 7) is 15.5. The molecule has 1 nitrogen and oxygen atoms in total. The van der Waals surface area contributed by atoms with Crippen LogP contribution in [0.1, 0.15) is 78.9 Å². The van der Waals surface area contributed by atoms with Crippen molar-refractivity contribution >= 4 is 11.3 Å². The summed E-state index contributed by atoms with van der Waals surface area (Å²) in [6.07, 6.45) is 6.91. The maximum Gasteiger partial charge on any atom is 0.266 e. The number of anilines is 1. The van der Waals surface area contributed by atoms with Crippen molar-refractivity contribution < 1.29 is 13.2 Å². The lowest BCUT2D eigenvalue weighted by atomic mass is 9.93. The third-order valence-corrected chi connectivity index (χ3v) is 5.21. The van der Waals surface area contributed by atoms with Gasteiger partial charge in [0.15, 0.2) is 0 Å². The fraction of sp³-hybridized carbons (Fsp3) is 0.520. The first kappa shape index (κ1) is 25.1. The van der Waals surface area contributed by atoms with E-state index in [4.69, 9.17) is 0 Å². The van der Waals surface area contributed by atoms with Crippen molar-refractivity contribution in [2.75, 3.05) is 5.32 Å². The van der Waals surface area contributed by atoms with Crippen LogP contribution in [0.25, 0.3) is 5.57 Å². The molecule has 0 heterocycles. The van der Waals surface area contributed by atoms with Gasteiger partial charge in [-0.2, -0.15) is 0 Å². The Bertz CT molecular complexity index is 761. The molecule has 0 aliphatic rings. The van der Waals surface area contributed by atoms with Gasteiger partial charge in [0.2, 0.25) is 0 Å². The van der Waals surface area contributed by atoms with Crippen LogP contribution in [0, 0.1) is 0 Å². The molecule has 0 saturated carbocycles. The number of halogens is 3. The van der Waals surface area contributed by atoms with Gasteiger partial charge in [-0.05, 0) is 69.9 Å². The van der Waals surface area contributed by atoms with Crippen LogP contribution in [-0.4, -0.2) is 12.0 Å². The molecule has 0 aliphatic carbocycles. The van der Waals surface area contributed by atoms with Gasteiger partial charge in [-0.25, -0.2) is 13.2 Å². The number of alkyl halides is 3. The third-order valence-electron chi connectivity index (χ3n) is 5.21. The second-order valence-corrected chi connectivity index (χ2v) is 8.43. The van der Waals surface area contributed by atoms with E-state index in [9.17, 15) is 13.2 Å². The van der Waals surface area contributed by atoms with Crippen molar-refractivity contribution in [1.82, 2.24) is 0 Å². The second-order valence-electron chi connectivity index (χ2n) is 8.43. The molecule has 1 N–H and O–H groups in total. The molecule has 1 unspecified atom stereocenters. The summed E-state index contributed by atoms with van der Waals surface area (Å²) in [5.74, 6) is -2.93. The maximum absolute atomic E-state index is 14.5. The number of benzene rings is 1. The van der Waals surface area contributed by atoms with Crippen molar-refractivity contribution in [1.29, 1.82) is 0 Å². The van der Waals surface area contributed by atoms with Gasteiger partial charge in [0, 0.05) is 24.2 Å². The monoisotopic (exact) mass is 407 g/mol. The average Bonchev–Trinajstić information content (AvgIpc) is 2.60. The Balaban J connectivity index is 3.30. The first-order valence-electron chi connectivity index (χ1n) is 10.3. The standard InChI is InChI=1S/C25H36F3N/c1-9-10-11-12-17(2)20(5)29-23-14-13-21(24(6,7)26)16-22(23)18(3)15-19(4)25(8,27)28/h12-16,20,29H,3,9-11H2,1-2,4-8H3/b17-12+,19-15+. The minimum Gasteiger partial charge on any atom is -0.378 e. The maximum atomic E-state index is 14.5. The van der Waals surface area contributed by atoms with Crippen molar-refractivity contribution in [3.63, 3.8) is 0 Å². The smallest absolute Gasteiger partial charge is 0.266 e. The Hall–Kier alpha value is -1.97. The highest BCUT2D eigenvalue weighted by Crippen LogP contribution is 2.34. The van der Waals surface area contributed by atoms with Crippen molar-refractivity contribution in [2.24, 2.45) is 0 Å². The van der Waals surface area contributed by atoms with Crippen molar-refractivity contribution in [3.8, 4) is 0 Å². The zero-order valence-electron chi connectivity index (χ0n) is 18.9. The number of nitrogens with one attached hydrogen (secondary N) is 1. The van der Waals surface area contributed by atoms with Gasteiger partial charge < -0.3 is 5.32 Å². The van der Waals surface area contributed by atoms with Crippen LogP contribution in [0.5, 0.6) is 0 Å². The zero-order chi connectivity index (χ0) is 22.4. The van der Waals surface area contributed by atoms with E-state index in [0.29, 0.717) is 16.7 Å². The van der Waals surface area contributed by atoms with Crippen LogP contribution in [0.2, 0.25) is 0 Å². The minimum atomic E-state index is -2.93. The molecular formula is C25H36F3N. The molecule has 0 saturated heterocycles. The van der Waals surface area contributed by atoms with Gasteiger partial charge in [-0.1, -0.05) is 50.1 Å². The van der Waals surface area contributed by atoms with Crippen molar-refractivity contribution in [3.05, 3.63) is 59.2 Å². The molecule has 0 bridgehead atoms. The van der Waals surface area contributed by atoms with E-state index in [-0.39, 0.29) is 11.6 Å². The van der Waals surface area contributed by atoms with Crippen LogP contribution < -0.4 is 5.32 Å². The van der Waals surface area contributed by atoms with Crippen molar-refractivity contribution in [2.45, 2.75) is 85.4 Å². The molecule has 29 heavy (non-hydrogen) atoms. The number of unbranched alkanes of at least 4 members (excludes halogenated alkanes) is 2. The molecule has 0 radical (unpaired) electrons. The summed E-state index contributed by atoms with van der Waals surface area (Å²) < 4.78 is 41.8. The number of hydrogen-bond donors (Lipinski definition) is 1. The van der Waals surface area contributed by atoms with E-state index < -0.39 is 11.6 Å². The fourth-order valence-electron chi connectivity index (χ4n) is 2.83. The second kappa shape index (κ2) is 10.2. The van der Waals surface area contributed by atoms with E-state index >= 15 is 0 Å². The van der Waals surface area contributed by atoms with Gasteiger partial charge in [0.25, 0.3) is 5.92 Å². The SMILES string of the molecule is C=C(/C=C(\C)C(C)(F)F)c1cc(C(C)(C)F)ccc1NC(C)/C(C)=C/CCCC.